The molecule has 2 rings (SSSR count). The van der Waals surface area contributed by atoms with E-state index in [1.165, 1.54) is 24.4 Å². The van der Waals surface area contributed by atoms with Crippen LogP contribution in [-0.4, -0.2) is 28.3 Å². The molecule has 3 N–H and O–H groups in total. The Labute approximate surface area is 155 Å². The van der Waals surface area contributed by atoms with Gasteiger partial charge < -0.3 is 10.2 Å². The zero-order valence-electron chi connectivity index (χ0n) is 13.6. The maximum atomic E-state index is 12.0. The minimum atomic E-state index is -0.883. The van der Waals surface area contributed by atoms with Gasteiger partial charge in [0, 0.05) is 17.5 Å². The first-order valence-electron chi connectivity index (χ1n) is 7.58. The fraction of sp³-hybridized carbons (Fsp3) is 0.105. The number of nitrogens with zero attached hydrogens (tertiary/aromatic N) is 1. The van der Waals surface area contributed by atoms with Crippen LogP contribution in [0.1, 0.15) is 34.3 Å². The monoisotopic (exact) mass is 370 g/mol. The molecule has 0 radical (unpaired) electrons. The predicted octanol–water partition coefficient (Wildman–Crippen LogP) is 3.03. The van der Waals surface area contributed by atoms with E-state index >= 15 is 0 Å². The van der Waals surface area contributed by atoms with Gasteiger partial charge in [-0.2, -0.15) is 5.10 Å². The highest BCUT2D eigenvalue weighted by atomic mass is 35.5. The molecule has 0 spiro atoms. The molecule has 26 heavy (non-hydrogen) atoms. The Kier molecular flexibility index (Phi) is 6.77. The van der Waals surface area contributed by atoms with Crippen molar-refractivity contribution >= 4 is 29.7 Å². The van der Waals surface area contributed by atoms with E-state index in [0.717, 1.165) is 11.1 Å². The van der Waals surface area contributed by atoms with Gasteiger partial charge in [0.2, 0.25) is 0 Å². The van der Waals surface area contributed by atoms with Crippen molar-refractivity contribution in [3.05, 3.63) is 64.2 Å². The van der Waals surface area contributed by atoms with E-state index in [2.05, 4.69) is 22.4 Å². The Morgan fingerprint density at radius 3 is 2.77 bits per heavy atom. The standard InChI is InChI=1S/C19H15ClN2O4/c20-16-11-15(8-9-17(16)23)19(26)22-21-12-14-6-3-5-13(10-14)4-1-2-7-18(24)25/h3,5-6,8-12,23H,2,7H2,(H,22,26)(H,24,25)/b21-12+. The number of hydrazone groups is 1. The number of carbonyl (C=O) groups excluding carboxylic acids is 1. The van der Waals surface area contributed by atoms with Crippen LogP contribution in [0.5, 0.6) is 5.75 Å². The molecular formula is C19H15ClN2O4. The van der Waals surface area contributed by atoms with E-state index < -0.39 is 11.9 Å². The molecule has 132 valence electrons. The second-order valence-electron chi connectivity index (χ2n) is 5.19. The van der Waals surface area contributed by atoms with E-state index in [9.17, 15) is 14.7 Å². The molecule has 0 unspecified atom stereocenters. The van der Waals surface area contributed by atoms with E-state index in [0.29, 0.717) is 0 Å². The summed E-state index contributed by atoms with van der Waals surface area (Å²) in [6.45, 7) is 0. The number of phenolic OH excluding ortho intramolecular Hbond substituents is 1. The Hall–Kier alpha value is -3.30. The van der Waals surface area contributed by atoms with Crippen LogP contribution in [0.2, 0.25) is 5.02 Å². The molecule has 2 aromatic rings. The van der Waals surface area contributed by atoms with Gasteiger partial charge >= 0.3 is 5.97 Å². The number of aromatic hydroxyl groups is 1. The normalized spacial score (nSPS) is 10.2. The zero-order chi connectivity index (χ0) is 18.9. The summed E-state index contributed by atoms with van der Waals surface area (Å²) < 4.78 is 0. The van der Waals surface area contributed by atoms with Gasteiger partial charge in [0.15, 0.2) is 0 Å². The van der Waals surface area contributed by atoms with Gasteiger partial charge in [-0.15, -0.1) is 0 Å². The highest BCUT2D eigenvalue weighted by Gasteiger charge is 2.07. The van der Waals surface area contributed by atoms with Crippen LogP contribution in [0.25, 0.3) is 0 Å². The van der Waals surface area contributed by atoms with Gasteiger partial charge in [-0.3, -0.25) is 9.59 Å². The second kappa shape index (κ2) is 9.25. The summed E-state index contributed by atoms with van der Waals surface area (Å²) in [5.74, 6) is 4.21. The third kappa shape index (κ3) is 5.96. The van der Waals surface area contributed by atoms with Crippen molar-refractivity contribution in [2.24, 2.45) is 5.10 Å². The molecule has 0 bridgehead atoms. The number of rotatable bonds is 5. The van der Waals surface area contributed by atoms with E-state index in [4.69, 9.17) is 16.7 Å². The molecule has 0 aliphatic carbocycles. The average Bonchev–Trinajstić information content (AvgIpc) is 2.61. The van der Waals surface area contributed by atoms with E-state index in [1.807, 2.05) is 0 Å². The maximum absolute atomic E-state index is 12.0. The number of halogens is 1. The molecule has 0 aromatic heterocycles. The molecular weight excluding hydrogens is 356 g/mol. The van der Waals surface area contributed by atoms with Crippen LogP contribution in [0, 0.1) is 11.8 Å². The Balaban J connectivity index is 1.97. The Bertz CT molecular complexity index is 913. The van der Waals surface area contributed by atoms with Gasteiger partial charge in [0.25, 0.3) is 5.91 Å². The fourth-order valence-electron chi connectivity index (χ4n) is 1.91. The summed E-state index contributed by atoms with van der Waals surface area (Å²) in [5.41, 5.74) is 4.07. The lowest BCUT2D eigenvalue weighted by molar-refractivity contribution is -0.136. The lowest BCUT2D eigenvalue weighted by atomic mass is 10.1. The summed E-state index contributed by atoms with van der Waals surface area (Å²) in [6.07, 6.45) is 1.74. The van der Waals surface area contributed by atoms with Crippen LogP contribution in [0.3, 0.4) is 0 Å². The topological polar surface area (TPSA) is 99.0 Å². The van der Waals surface area contributed by atoms with Gasteiger partial charge in [0.1, 0.15) is 5.75 Å². The summed E-state index contributed by atoms with van der Waals surface area (Å²) in [4.78, 5) is 22.4. The SMILES string of the molecule is O=C(O)CCC#Cc1cccc(/C=N/NC(=O)c2ccc(O)c(Cl)c2)c1. The summed E-state index contributed by atoms with van der Waals surface area (Å²) in [6, 6.07) is 11.2. The van der Waals surface area contributed by atoms with Crippen molar-refractivity contribution in [3.8, 4) is 17.6 Å². The van der Waals surface area contributed by atoms with Crippen molar-refractivity contribution in [3.63, 3.8) is 0 Å². The molecule has 0 heterocycles. The quantitative estimate of drug-likeness (QED) is 0.428. The Morgan fingerprint density at radius 1 is 1.23 bits per heavy atom. The number of hydrogen-bond donors (Lipinski definition) is 3. The summed E-state index contributed by atoms with van der Waals surface area (Å²) in [5, 5.41) is 21.9. The molecule has 7 heteroatoms. The molecule has 1 amide bonds. The number of hydrogen-bond acceptors (Lipinski definition) is 4. The largest absolute Gasteiger partial charge is 0.506 e. The first-order chi connectivity index (χ1) is 12.5. The first kappa shape index (κ1) is 19.0. The van der Waals surface area contributed by atoms with Crippen LogP contribution in [0.15, 0.2) is 47.6 Å². The lowest BCUT2D eigenvalue weighted by Crippen LogP contribution is -2.17. The fourth-order valence-corrected chi connectivity index (χ4v) is 2.09. The van der Waals surface area contributed by atoms with Crippen LogP contribution >= 0.6 is 11.6 Å². The van der Waals surface area contributed by atoms with Crippen molar-refractivity contribution in [1.29, 1.82) is 0 Å². The van der Waals surface area contributed by atoms with Crippen molar-refractivity contribution in [2.45, 2.75) is 12.8 Å². The minimum Gasteiger partial charge on any atom is -0.506 e. The number of benzene rings is 2. The number of carbonyl (C=O) groups is 2. The third-order valence-electron chi connectivity index (χ3n) is 3.17. The van der Waals surface area contributed by atoms with Gasteiger partial charge in [-0.25, -0.2) is 5.43 Å². The molecule has 0 aliphatic rings. The number of nitrogens with one attached hydrogen (secondary N) is 1. The van der Waals surface area contributed by atoms with Crippen LogP contribution in [0.4, 0.5) is 0 Å². The predicted molar refractivity (Wildman–Crippen MR) is 98.4 cm³/mol. The molecule has 0 fully saturated rings. The van der Waals surface area contributed by atoms with Crippen molar-refractivity contribution in [1.82, 2.24) is 5.43 Å². The molecule has 0 atom stereocenters. The Morgan fingerprint density at radius 2 is 2.04 bits per heavy atom. The average molecular weight is 371 g/mol. The molecule has 2 aromatic carbocycles. The lowest BCUT2D eigenvalue weighted by Gasteiger charge is -2.02. The maximum Gasteiger partial charge on any atom is 0.304 e. The third-order valence-corrected chi connectivity index (χ3v) is 3.48. The van der Waals surface area contributed by atoms with Gasteiger partial charge in [0.05, 0.1) is 17.7 Å². The molecule has 0 aliphatic heterocycles. The number of carboxylic acids is 1. The van der Waals surface area contributed by atoms with E-state index in [-0.39, 0.29) is 29.2 Å². The molecule has 6 nitrogen and oxygen atoms in total. The smallest absolute Gasteiger partial charge is 0.304 e. The molecule has 0 saturated heterocycles. The number of amides is 1. The molecule has 0 saturated carbocycles. The highest BCUT2D eigenvalue weighted by Crippen LogP contribution is 2.23. The zero-order valence-corrected chi connectivity index (χ0v) is 14.3. The number of phenols is 1. The number of carboxylic acid groups (broad SMARTS) is 1. The van der Waals surface area contributed by atoms with Crippen molar-refractivity contribution < 1.29 is 19.8 Å². The minimum absolute atomic E-state index is 0.00145. The van der Waals surface area contributed by atoms with Crippen LogP contribution in [-0.2, 0) is 4.79 Å². The van der Waals surface area contributed by atoms with E-state index in [1.54, 1.807) is 24.3 Å². The summed E-state index contributed by atoms with van der Waals surface area (Å²) in [7, 11) is 0. The van der Waals surface area contributed by atoms with Gasteiger partial charge in [-0.1, -0.05) is 35.6 Å². The van der Waals surface area contributed by atoms with Crippen molar-refractivity contribution in [2.75, 3.05) is 0 Å². The second-order valence-corrected chi connectivity index (χ2v) is 5.59. The number of aliphatic carboxylic acids is 1. The highest BCUT2D eigenvalue weighted by molar-refractivity contribution is 6.32. The van der Waals surface area contributed by atoms with Crippen LogP contribution < -0.4 is 5.43 Å². The summed E-state index contributed by atoms with van der Waals surface area (Å²) >= 11 is 5.76. The first-order valence-corrected chi connectivity index (χ1v) is 7.96. The van der Waals surface area contributed by atoms with Gasteiger partial charge in [-0.05, 0) is 35.9 Å².